The molecule has 0 amide bonds. The summed E-state index contributed by atoms with van der Waals surface area (Å²) < 4.78 is 5.65. The lowest BCUT2D eigenvalue weighted by Gasteiger charge is -2.21. The van der Waals surface area contributed by atoms with Gasteiger partial charge < -0.3 is 15.4 Å². The predicted octanol–water partition coefficient (Wildman–Crippen LogP) is 2.58. The van der Waals surface area contributed by atoms with Gasteiger partial charge in [0.05, 0.1) is 6.10 Å². The lowest BCUT2D eigenvalue weighted by atomic mass is 10.0. The Balaban J connectivity index is 1.62. The molecule has 0 spiro atoms. The molecule has 1 fully saturated rings. The van der Waals surface area contributed by atoms with Crippen molar-refractivity contribution in [1.82, 2.24) is 4.90 Å². The van der Waals surface area contributed by atoms with Crippen molar-refractivity contribution in [3.05, 3.63) is 35.9 Å². The van der Waals surface area contributed by atoms with Gasteiger partial charge in [-0.25, -0.2) is 0 Å². The number of hydrogen-bond acceptors (Lipinski definition) is 3. The third-order valence-corrected chi connectivity index (χ3v) is 3.82. The number of rotatable bonds is 7. The molecule has 2 unspecified atom stereocenters. The largest absolute Gasteiger partial charge is 0.377 e. The topological polar surface area (TPSA) is 38.5 Å². The molecule has 3 heteroatoms. The van der Waals surface area contributed by atoms with E-state index < -0.39 is 0 Å². The third-order valence-electron chi connectivity index (χ3n) is 3.82. The van der Waals surface area contributed by atoms with Gasteiger partial charge in [-0.3, -0.25) is 0 Å². The van der Waals surface area contributed by atoms with Crippen LogP contribution in [0.3, 0.4) is 0 Å². The predicted molar refractivity (Wildman–Crippen MR) is 79.1 cm³/mol. The molecule has 1 heterocycles. The van der Waals surface area contributed by atoms with Gasteiger partial charge >= 0.3 is 0 Å². The van der Waals surface area contributed by atoms with E-state index in [1.165, 1.54) is 18.4 Å². The number of benzene rings is 1. The molecule has 2 N–H and O–H groups in total. The highest BCUT2D eigenvalue weighted by atomic mass is 16.5. The molecule has 0 radical (unpaired) electrons. The maximum atomic E-state index is 6.20. The Labute approximate surface area is 116 Å². The monoisotopic (exact) mass is 262 g/mol. The van der Waals surface area contributed by atoms with Crippen LogP contribution in [0, 0.1) is 0 Å². The van der Waals surface area contributed by atoms with E-state index in [1.54, 1.807) is 0 Å². The van der Waals surface area contributed by atoms with Crippen molar-refractivity contribution in [3.63, 3.8) is 0 Å². The van der Waals surface area contributed by atoms with Gasteiger partial charge in [0.15, 0.2) is 0 Å². The minimum atomic E-state index is 0.164. The first kappa shape index (κ1) is 14.5. The molecule has 19 heavy (non-hydrogen) atoms. The van der Waals surface area contributed by atoms with Crippen molar-refractivity contribution < 1.29 is 4.74 Å². The molecule has 1 aromatic carbocycles. The van der Waals surface area contributed by atoms with Gasteiger partial charge in [-0.05, 0) is 44.8 Å². The molecular weight excluding hydrogens is 236 g/mol. The Kier molecular flexibility index (Phi) is 5.83. The Morgan fingerprint density at radius 2 is 2.16 bits per heavy atom. The minimum Gasteiger partial charge on any atom is -0.377 e. The molecule has 1 aliphatic rings. The van der Waals surface area contributed by atoms with Gasteiger partial charge in [0.1, 0.15) is 0 Å². The zero-order valence-corrected chi connectivity index (χ0v) is 11.9. The zero-order valence-electron chi connectivity index (χ0n) is 11.9. The summed E-state index contributed by atoms with van der Waals surface area (Å²) >= 11 is 0. The summed E-state index contributed by atoms with van der Waals surface area (Å²) in [5.74, 6) is 0. The number of hydrogen-bond donors (Lipinski definition) is 1. The summed E-state index contributed by atoms with van der Waals surface area (Å²) in [4.78, 5) is 2.37. The fraction of sp³-hybridized carbons (Fsp3) is 0.625. The van der Waals surface area contributed by atoms with E-state index in [0.717, 1.165) is 32.5 Å². The lowest BCUT2D eigenvalue weighted by Crippen LogP contribution is -2.30. The smallest absolute Gasteiger partial charge is 0.0702 e. The molecule has 2 atom stereocenters. The molecule has 0 saturated carbocycles. The highest BCUT2D eigenvalue weighted by Gasteiger charge is 2.17. The maximum Gasteiger partial charge on any atom is 0.0702 e. The van der Waals surface area contributed by atoms with Crippen LogP contribution in [0.2, 0.25) is 0 Å². The normalized spacial score (nSPS) is 20.9. The van der Waals surface area contributed by atoms with Gasteiger partial charge in [-0.15, -0.1) is 0 Å². The van der Waals surface area contributed by atoms with Crippen LogP contribution in [0.25, 0.3) is 0 Å². The molecule has 1 aliphatic heterocycles. The second-order valence-electron chi connectivity index (χ2n) is 5.56. The highest BCUT2D eigenvalue weighted by Crippen LogP contribution is 2.16. The quantitative estimate of drug-likeness (QED) is 0.821. The standard InChI is InChI=1S/C16H26N2O/c1-18(13-15-9-6-12-19-15)11-5-10-16(17)14-7-3-2-4-8-14/h2-4,7-8,15-16H,5-6,9-13,17H2,1H3. The van der Waals surface area contributed by atoms with Crippen LogP contribution in [-0.4, -0.2) is 37.7 Å². The fourth-order valence-electron chi connectivity index (χ4n) is 2.68. The average Bonchev–Trinajstić information content (AvgIpc) is 2.92. The number of likely N-dealkylation sites (N-methyl/N-ethyl adjacent to an activating group) is 1. The molecule has 2 rings (SSSR count). The SMILES string of the molecule is CN(CCCC(N)c1ccccc1)CC1CCCO1. The summed E-state index contributed by atoms with van der Waals surface area (Å²) in [6.07, 6.45) is 5.07. The molecule has 3 nitrogen and oxygen atoms in total. The van der Waals surface area contributed by atoms with Crippen LogP contribution in [0.1, 0.15) is 37.3 Å². The first-order valence-corrected chi connectivity index (χ1v) is 7.36. The number of nitrogens with zero attached hydrogens (tertiary/aromatic N) is 1. The second-order valence-corrected chi connectivity index (χ2v) is 5.56. The Hall–Kier alpha value is -0.900. The molecule has 1 saturated heterocycles. The minimum absolute atomic E-state index is 0.164. The van der Waals surface area contributed by atoms with Crippen molar-refractivity contribution in [2.24, 2.45) is 5.73 Å². The van der Waals surface area contributed by atoms with Crippen LogP contribution in [-0.2, 0) is 4.74 Å². The van der Waals surface area contributed by atoms with Crippen LogP contribution >= 0.6 is 0 Å². The van der Waals surface area contributed by atoms with E-state index in [4.69, 9.17) is 10.5 Å². The van der Waals surface area contributed by atoms with Gasteiger partial charge in [-0.1, -0.05) is 30.3 Å². The van der Waals surface area contributed by atoms with Gasteiger partial charge in [0.2, 0.25) is 0 Å². The maximum absolute atomic E-state index is 6.20. The van der Waals surface area contributed by atoms with E-state index >= 15 is 0 Å². The van der Waals surface area contributed by atoms with Crippen LogP contribution in [0.5, 0.6) is 0 Å². The summed E-state index contributed by atoms with van der Waals surface area (Å²) in [7, 11) is 2.18. The Morgan fingerprint density at radius 1 is 1.37 bits per heavy atom. The van der Waals surface area contributed by atoms with E-state index in [9.17, 15) is 0 Å². The van der Waals surface area contributed by atoms with E-state index in [2.05, 4.69) is 36.2 Å². The lowest BCUT2D eigenvalue weighted by molar-refractivity contribution is 0.0806. The number of ether oxygens (including phenoxy) is 1. The first-order chi connectivity index (χ1) is 9.25. The van der Waals surface area contributed by atoms with E-state index in [0.29, 0.717) is 6.10 Å². The summed E-state index contributed by atoms with van der Waals surface area (Å²) in [6, 6.07) is 10.5. The highest BCUT2D eigenvalue weighted by molar-refractivity contribution is 5.18. The molecule has 0 aromatic heterocycles. The zero-order chi connectivity index (χ0) is 13.5. The van der Waals surface area contributed by atoms with E-state index in [-0.39, 0.29) is 6.04 Å². The van der Waals surface area contributed by atoms with E-state index in [1.807, 2.05) is 6.07 Å². The van der Waals surface area contributed by atoms with Crippen molar-refractivity contribution in [2.45, 2.75) is 37.8 Å². The summed E-state index contributed by atoms with van der Waals surface area (Å²) in [5, 5.41) is 0. The first-order valence-electron chi connectivity index (χ1n) is 7.36. The molecule has 106 valence electrons. The Morgan fingerprint density at radius 3 is 2.84 bits per heavy atom. The van der Waals surface area contributed by atoms with Gasteiger partial charge in [-0.2, -0.15) is 0 Å². The fourth-order valence-corrected chi connectivity index (χ4v) is 2.68. The van der Waals surface area contributed by atoms with Crippen molar-refractivity contribution in [3.8, 4) is 0 Å². The molecular formula is C16H26N2O. The summed E-state index contributed by atoms with van der Waals surface area (Å²) in [6.45, 7) is 3.10. The van der Waals surface area contributed by atoms with Crippen LogP contribution in [0.4, 0.5) is 0 Å². The van der Waals surface area contributed by atoms with Crippen molar-refractivity contribution >= 4 is 0 Å². The summed E-state index contributed by atoms with van der Waals surface area (Å²) in [5.41, 5.74) is 7.44. The second kappa shape index (κ2) is 7.63. The average molecular weight is 262 g/mol. The Bertz CT molecular complexity index is 349. The number of nitrogens with two attached hydrogens (primary N) is 1. The molecule has 0 bridgehead atoms. The third kappa shape index (κ3) is 4.94. The molecule has 0 aliphatic carbocycles. The van der Waals surface area contributed by atoms with Gasteiger partial charge in [0.25, 0.3) is 0 Å². The molecule has 1 aromatic rings. The van der Waals surface area contributed by atoms with Crippen molar-refractivity contribution in [1.29, 1.82) is 0 Å². The van der Waals surface area contributed by atoms with Gasteiger partial charge in [0, 0.05) is 19.2 Å². The van der Waals surface area contributed by atoms with Crippen LogP contribution in [0.15, 0.2) is 30.3 Å². The van der Waals surface area contributed by atoms with Crippen LogP contribution < -0.4 is 5.73 Å². The van der Waals surface area contributed by atoms with Crippen molar-refractivity contribution in [2.75, 3.05) is 26.7 Å².